The standard InChI is InChI=1S/C54H97NO5Si/c1-8-10-12-14-17-23-41-58-52(25-19-15-13-11-9-2)60-61(6,7)59-42-24-18-16-20-38-55(39-21-22-40-56)46-29-26-44(27-30-46)49-32-33-50-48-31-28-45-43-47(57-5)34-36-53(45,3)51(48)35-37-54(49,50)4/h26-27,29-30,45,47-52,56H,8-25,28,31-43H2,1-7H3/t45?,47-,48?,49?,50?,51?,52?,53+,54+/m1/s1. The molecule has 6 unspecified atom stereocenters. The van der Waals surface area contributed by atoms with Gasteiger partial charge in [-0.25, -0.2) is 0 Å². The topological polar surface area (TPSA) is 60.4 Å². The van der Waals surface area contributed by atoms with Crippen molar-refractivity contribution in [3.8, 4) is 0 Å². The maximum absolute atomic E-state index is 9.59. The number of anilines is 1. The third-order valence-electron chi connectivity index (χ3n) is 17.0. The lowest BCUT2D eigenvalue weighted by molar-refractivity contribution is -0.127. The minimum absolute atomic E-state index is 0.127. The summed E-state index contributed by atoms with van der Waals surface area (Å²) in [4.78, 5) is 2.59. The predicted octanol–water partition coefficient (Wildman–Crippen LogP) is 14.8. The number of ether oxygens (including phenoxy) is 2. The van der Waals surface area contributed by atoms with E-state index in [1.165, 1.54) is 147 Å². The van der Waals surface area contributed by atoms with E-state index in [-0.39, 0.29) is 12.9 Å². The van der Waals surface area contributed by atoms with Crippen molar-refractivity contribution in [2.45, 2.75) is 232 Å². The summed E-state index contributed by atoms with van der Waals surface area (Å²) in [6.45, 7) is 18.3. The Morgan fingerprint density at radius 1 is 0.689 bits per heavy atom. The first-order chi connectivity index (χ1) is 29.6. The average Bonchev–Trinajstić information content (AvgIpc) is 3.61. The van der Waals surface area contributed by atoms with Gasteiger partial charge >= 0.3 is 8.56 Å². The summed E-state index contributed by atoms with van der Waals surface area (Å²) in [6.07, 6.45) is 34.3. The van der Waals surface area contributed by atoms with Crippen LogP contribution in [0.4, 0.5) is 5.69 Å². The Hall–Kier alpha value is -0.963. The van der Waals surface area contributed by atoms with Crippen molar-refractivity contribution >= 4 is 14.2 Å². The molecule has 4 saturated carbocycles. The van der Waals surface area contributed by atoms with Crippen molar-refractivity contribution in [3.63, 3.8) is 0 Å². The summed E-state index contributed by atoms with van der Waals surface area (Å²) in [7, 11) is -0.351. The molecule has 6 nitrogen and oxygen atoms in total. The molecule has 1 aromatic carbocycles. The number of hydrogen-bond donors (Lipinski definition) is 1. The molecule has 0 bridgehead atoms. The zero-order valence-corrected chi connectivity index (χ0v) is 42.0. The van der Waals surface area contributed by atoms with Gasteiger partial charge in [0.15, 0.2) is 0 Å². The summed E-state index contributed by atoms with van der Waals surface area (Å²) < 4.78 is 25.4. The highest BCUT2D eigenvalue weighted by Gasteiger charge is 2.60. The van der Waals surface area contributed by atoms with Crippen LogP contribution in [0.5, 0.6) is 0 Å². The second-order valence-corrected chi connectivity index (χ2v) is 24.8. The van der Waals surface area contributed by atoms with E-state index in [1.54, 1.807) is 5.56 Å². The molecule has 0 aliphatic heterocycles. The van der Waals surface area contributed by atoms with Gasteiger partial charge < -0.3 is 28.3 Å². The Bertz CT molecular complexity index is 1330. The lowest BCUT2D eigenvalue weighted by Gasteiger charge is -2.61. The van der Waals surface area contributed by atoms with Crippen LogP contribution >= 0.6 is 0 Å². The highest BCUT2D eigenvalue weighted by molar-refractivity contribution is 6.64. The second-order valence-electron chi connectivity index (χ2n) is 21.5. The lowest BCUT2D eigenvalue weighted by Crippen LogP contribution is -2.53. The predicted molar refractivity (Wildman–Crippen MR) is 260 cm³/mol. The number of nitrogens with zero attached hydrogens (tertiary/aromatic N) is 1. The Morgan fingerprint density at radius 2 is 1.31 bits per heavy atom. The Kier molecular flexibility index (Phi) is 22.0. The molecule has 0 heterocycles. The first-order valence-corrected chi connectivity index (χ1v) is 29.3. The van der Waals surface area contributed by atoms with Gasteiger partial charge in [-0.05, 0) is 174 Å². The molecule has 9 atom stereocenters. The SMILES string of the molecule is CCCCCCCCOC(CCCCCCC)O[Si](C)(C)OCCCCCCN(CCCCO)c1ccc(C2CCC3C4CCC5C[C@H](OC)CC[C@]5(C)C4CC[C@@]23C)cc1. The molecular weight excluding hydrogens is 771 g/mol. The molecule has 61 heavy (non-hydrogen) atoms. The van der Waals surface area contributed by atoms with Crippen LogP contribution in [0.3, 0.4) is 0 Å². The number of unbranched alkanes of at least 4 members (excludes halogenated alkanes) is 13. The van der Waals surface area contributed by atoms with Crippen LogP contribution in [-0.2, 0) is 18.3 Å². The number of aliphatic hydroxyl groups excluding tert-OH is 1. The zero-order chi connectivity index (χ0) is 43.6. The van der Waals surface area contributed by atoms with Crippen molar-refractivity contribution in [1.29, 1.82) is 0 Å². The highest BCUT2D eigenvalue weighted by Crippen LogP contribution is 2.69. The highest BCUT2D eigenvalue weighted by atomic mass is 28.4. The van der Waals surface area contributed by atoms with Crippen LogP contribution in [0.1, 0.15) is 213 Å². The summed E-state index contributed by atoms with van der Waals surface area (Å²) in [5.41, 5.74) is 3.90. The fourth-order valence-corrected chi connectivity index (χ4v) is 14.8. The fourth-order valence-electron chi connectivity index (χ4n) is 13.3. The smallest absolute Gasteiger partial charge is 0.333 e. The molecule has 1 N–H and O–H groups in total. The Morgan fingerprint density at radius 3 is 2.02 bits per heavy atom. The van der Waals surface area contributed by atoms with E-state index in [0.717, 1.165) is 82.1 Å². The maximum Gasteiger partial charge on any atom is 0.333 e. The molecule has 7 heteroatoms. The molecule has 0 spiro atoms. The minimum Gasteiger partial charge on any atom is -0.396 e. The van der Waals surface area contributed by atoms with E-state index in [9.17, 15) is 5.11 Å². The van der Waals surface area contributed by atoms with Gasteiger partial charge in [0.05, 0.1) is 6.10 Å². The van der Waals surface area contributed by atoms with Crippen molar-refractivity contribution in [2.24, 2.45) is 34.5 Å². The van der Waals surface area contributed by atoms with E-state index in [2.05, 4.69) is 70.0 Å². The van der Waals surface area contributed by atoms with E-state index in [0.29, 0.717) is 22.9 Å². The normalized spacial score (nSPS) is 29.2. The third kappa shape index (κ3) is 14.8. The van der Waals surface area contributed by atoms with Crippen LogP contribution < -0.4 is 4.90 Å². The van der Waals surface area contributed by atoms with Crippen LogP contribution in [-0.4, -0.2) is 66.1 Å². The largest absolute Gasteiger partial charge is 0.396 e. The van der Waals surface area contributed by atoms with Crippen LogP contribution in [0, 0.1) is 34.5 Å². The van der Waals surface area contributed by atoms with E-state index in [1.807, 2.05) is 7.11 Å². The van der Waals surface area contributed by atoms with Gasteiger partial charge in [0.25, 0.3) is 0 Å². The molecule has 0 amide bonds. The molecule has 1 aromatic rings. The molecule has 4 aliphatic carbocycles. The Balaban J connectivity index is 1.05. The monoisotopic (exact) mass is 868 g/mol. The Labute approximate surface area is 378 Å². The van der Waals surface area contributed by atoms with Gasteiger partial charge in [-0.15, -0.1) is 0 Å². The third-order valence-corrected chi connectivity index (χ3v) is 18.7. The summed E-state index contributed by atoms with van der Waals surface area (Å²) in [6, 6.07) is 9.89. The molecule has 5 rings (SSSR count). The average molecular weight is 868 g/mol. The second kappa shape index (κ2) is 26.2. The number of hydrogen-bond acceptors (Lipinski definition) is 6. The molecule has 4 fully saturated rings. The first-order valence-electron chi connectivity index (χ1n) is 26.5. The number of fused-ring (bicyclic) bond motifs is 5. The van der Waals surface area contributed by atoms with Gasteiger partial charge in [-0.3, -0.25) is 0 Å². The van der Waals surface area contributed by atoms with Crippen LogP contribution in [0.15, 0.2) is 24.3 Å². The van der Waals surface area contributed by atoms with Crippen LogP contribution in [0.2, 0.25) is 13.1 Å². The summed E-state index contributed by atoms with van der Waals surface area (Å²) in [5, 5.41) is 9.59. The van der Waals surface area contributed by atoms with Gasteiger partial charge in [0.2, 0.25) is 0 Å². The van der Waals surface area contributed by atoms with Crippen molar-refractivity contribution < 1.29 is 23.4 Å². The van der Waals surface area contributed by atoms with Gasteiger partial charge in [-0.2, -0.15) is 0 Å². The molecule has 0 radical (unpaired) electrons. The van der Waals surface area contributed by atoms with Gasteiger partial charge in [-0.1, -0.05) is 110 Å². The number of benzene rings is 1. The quantitative estimate of drug-likeness (QED) is 0.0456. The zero-order valence-electron chi connectivity index (χ0n) is 41.0. The first kappa shape index (κ1) is 51.0. The lowest BCUT2D eigenvalue weighted by atomic mass is 9.44. The van der Waals surface area contributed by atoms with Gasteiger partial charge in [0, 0.05) is 45.7 Å². The number of rotatable bonds is 31. The summed E-state index contributed by atoms with van der Waals surface area (Å²) in [5.74, 6) is 4.26. The molecule has 4 aliphatic rings. The maximum atomic E-state index is 9.59. The van der Waals surface area contributed by atoms with E-state index < -0.39 is 8.56 Å². The van der Waals surface area contributed by atoms with Crippen molar-refractivity contribution in [1.82, 2.24) is 0 Å². The fraction of sp³-hybridized carbons (Fsp3) is 0.889. The number of aliphatic hydroxyl groups is 1. The summed E-state index contributed by atoms with van der Waals surface area (Å²) >= 11 is 0. The number of methoxy groups -OCH3 is 1. The van der Waals surface area contributed by atoms with Gasteiger partial charge in [0.1, 0.15) is 6.29 Å². The minimum atomic E-state index is -2.28. The van der Waals surface area contributed by atoms with Crippen LogP contribution in [0.25, 0.3) is 0 Å². The van der Waals surface area contributed by atoms with Crippen molar-refractivity contribution in [2.75, 3.05) is 44.9 Å². The molecular formula is C54H97NO5Si. The molecule has 0 saturated heterocycles. The van der Waals surface area contributed by atoms with E-state index in [4.69, 9.17) is 18.3 Å². The van der Waals surface area contributed by atoms with E-state index >= 15 is 0 Å². The molecule has 0 aromatic heterocycles. The molecule has 352 valence electrons. The van der Waals surface area contributed by atoms with Crippen molar-refractivity contribution in [3.05, 3.63) is 29.8 Å².